The second-order valence-corrected chi connectivity index (χ2v) is 4.73. The fraction of sp³-hybridized carbons (Fsp3) is 0.438. The molecule has 4 heteroatoms. The quantitative estimate of drug-likeness (QED) is 0.843. The summed E-state index contributed by atoms with van der Waals surface area (Å²) in [7, 11) is 0. The fourth-order valence-corrected chi connectivity index (χ4v) is 2.27. The van der Waals surface area contributed by atoms with E-state index in [2.05, 4.69) is 35.5 Å². The molecule has 2 aromatic rings. The molecule has 0 amide bonds. The van der Waals surface area contributed by atoms with Crippen LogP contribution in [0.2, 0.25) is 0 Å². The average molecular weight is 273 g/mol. The van der Waals surface area contributed by atoms with Gasteiger partial charge < -0.3 is 15.0 Å². The van der Waals surface area contributed by atoms with E-state index in [-0.39, 0.29) is 0 Å². The smallest absolute Gasteiger partial charge is 0.146 e. The molecule has 0 radical (unpaired) electrons. The van der Waals surface area contributed by atoms with E-state index in [4.69, 9.17) is 10.5 Å². The van der Waals surface area contributed by atoms with Crippen molar-refractivity contribution in [1.29, 1.82) is 0 Å². The van der Waals surface area contributed by atoms with E-state index in [1.165, 1.54) is 11.3 Å². The standard InChI is InChI=1S/C16H23N3O/c1-3-13-5-7-15(8-6-13)20-12-16-18-11-14(9-10-17)19(16)4-2/h5-8,11H,3-4,9-10,12,17H2,1-2H3. The first-order valence-corrected chi connectivity index (χ1v) is 7.23. The predicted molar refractivity (Wildman–Crippen MR) is 80.8 cm³/mol. The van der Waals surface area contributed by atoms with Gasteiger partial charge in [-0.25, -0.2) is 4.98 Å². The average Bonchev–Trinajstić information content (AvgIpc) is 2.88. The highest BCUT2D eigenvalue weighted by atomic mass is 16.5. The maximum Gasteiger partial charge on any atom is 0.146 e. The molecule has 2 rings (SSSR count). The maximum absolute atomic E-state index is 5.81. The van der Waals surface area contributed by atoms with Gasteiger partial charge in [0.05, 0.1) is 0 Å². The van der Waals surface area contributed by atoms with Crippen LogP contribution >= 0.6 is 0 Å². The third-order valence-corrected chi connectivity index (χ3v) is 3.44. The molecule has 0 spiro atoms. The van der Waals surface area contributed by atoms with Crippen LogP contribution in [0.3, 0.4) is 0 Å². The first-order chi connectivity index (χ1) is 9.78. The number of hydrogen-bond donors (Lipinski definition) is 1. The number of imidazole rings is 1. The minimum absolute atomic E-state index is 0.490. The summed E-state index contributed by atoms with van der Waals surface area (Å²) in [6, 6.07) is 8.22. The molecule has 1 heterocycles. The molecule has 4 nitrogen and oxygen atoms in total. The van der Waals surface area contributed by atoms with Gasteiger partial charge in [-0.1, -0.05) is 19.1 Å². The first kappa shape index (κ1) is 14.6. The third-order valence-electron chi connectivity index (χ3n) is 3.44. The predicted octanol–water partition coefficient (Wildman–Crippen LogP) is 2.55. The molecule has 2 N–H and O–H groups in total. The highest BCUT2D eigenvalue weighted by molar-refractivity contribution is 5.27. The zero-order valence-electron chi connectivity index (χ0n) is 12.3. The van der Waals surface area contributed by atoms with Gasteiger partial charge in [-0.15, -0.1) is 0 Å². The number of benzene rings is 1. The van der Waals surface area contributed by atoms with Gasteiger partial charge in [0.2, 0.25) is 0 Å². The number of aryl methyl sites for hydroxylation is 1. The van der Waals surface area contributed by atoms with Crippen LogP contribution in [0.15, 0.2) is 30.5 Å². The van der Waals surface area contributed by atoms with Crippen molar-refractivity contribution >= 4 is 0 Å². The Labute approximate surface area is 120 Å². The lowest BCUT2D eigenvalue weighted by atomic mass is 10.2. The van der Waals surface area contributed by atoms with Crippen molar-refractivity contribution in [2.75, 3.05) is 6.54 Å². The van der Waals surface area contributed by atoms with Crippen molar-refractivity contribution in [3.63, 3.8) is 0 Å². The highest BCUT2D eigenvalue weighted by Gasteiger charge is 2.08. The number of aromatic nitrogens is 2. The number of rotatable bonds is 7. The lowest BCUT2D eigenvalue weighted by Gasteiger charge is -2.10. The molecule has 0 fully saturated rings. The SMILES string of the molecule is CCc1ccc(OCc2ncc(CCN)n2CC)cc1. The number of hydrogen-bond acceptors (Lipinski definition) is 3. The van der Waals surface area contributed by atoms with Crippen molar-refractivity contribution in [2.24, 2.45) is 5.73 Å². The van der Waals surface area contributed by atoms with Gasteiger partial charge in [0.15, 0.2) is 0 Å². The summed E-state index contributed by atoms with van der Waals surface area (Å²) in [4.78, 5) is 4.44. The van der Waals surface area contributed by atoms with Gasteiger partial charge in [-0.3, -0.25) is 0 Å². The van der Waals surface area contributed by atoms with E-state index in [0.717, 1.165) is 31.0 Å². The Morgan fingerprint density at radius 3 is 2.55 bits per heavy atom. The van der Waals surface area contributed by atoms with Crippen molar-refractivity contribution < 1.29 is 4.74 Å². The first-order valence-electron chi connectivity index (χ1n) is 7.23. The number of nitrogens with two attached hydrogens (primary N) is 1. The molecule has 0 aliphatic carbocycles. The summed E-state index contributed by atoms with van der Waals surface area (Å²) in [5, 5.41) is 0. The Morgan fingerprint density at radius 1 is 1.20 bits per heavy atom. The Morgan fingerprint density at radius 2 is 1.95 bits per heavy atom. The lowest BCUT2D eigenvalue weighted by Crippen LogP contribution is -2.12. The van der Waals surface area contributed by atoms with E-state index in [0.29, 0.717) is 13.2 Å². The summed E-state index contributed by atoms with van der Waals surface area (Å²) < 4.78 is 7.98. The molecule has 1 aromatic heterocycles. The number of ether oxygens (including phenoxy) is 1. The van der Waals surface area contributed by atoms with Gasteiger partial charge in [-0.2, -0.15) is 0 Å². The molecule has 0 saturated heterocycles. The zero-order chi connectivity index (χ0) is 14.4. The molecule has 0 atom stereocenters. The van der Waals surface area contributed by atoms with Crippen molar-refractivity contribution in [1.82, 2.24) is 9.55 Å². The van der Waals surface area contributed by atoms with Gasteiger partial charge >= 0.3 is 0 Å². The highest BCUT2D eigenvalue weighted by Crippen LogP contribution is 2.15. The molecule has 0 aliphatic rings. The van der Waals surface area contributed by atoms with Gasteiger partial charge in [-0.05, 0) is 37.6 Å². The monoisotopic (exact) mass is 273 g/mol. The lowest BCUT2D eigenvalue weighted by molar-refractivity contribution is 0.289. The van der Waals surface area contributed by atoms with Crippen molar-refractivity contribution in [3.05, 3.63) is 47.5 Å². The van der Waals surface area contributed by atoms with Crippen molar-refractivity contribution in [3.8, 4) is 5.75 Å². The zero-order valence-corrected chi connectivity index (χ0v) is 12.3. The summed E-state index contributed by atoms with van der Waals surface area (Å²) in [6.45, 7) is 6.28. The van der Waals surface area contributed by atoms with Crippen LogP contribution in [-0.4, -0.2) is 16.1 Å². The maximum atomic E-state index is 5.81. The van der Waals surface area contributed by atoms with Crippen LogP contribution in [-0.2, 0) is 26.0 Å². The Bertz CT molecular complexity index is 531. The van der Waals surface area contributed by atoms with Gasteiger partial charge in [0.1, 0.15) is 18.2 Å². The molecule has 0 saturated carbocycles. The van der Waals surface area contributed by atoms with Crippen LogP contribution < -0.4 is 10.5 Å². The van der Waals surface area contributed by atoms with Gasteiger partial charge in [0.25, 0.3) is 0 Å². The van der Waals surface area contributed by atoms with E-state index < -0.39 is 0 Å². The third kappa shape index (κ3) is 3.39. The van der Waals surface area contributed by atoms with E-state index >= 15 is 0 Å². The minimum Gasteiger partial charge on any atom is -0.486 e. The second kappa shape index (κ2) is 7.10. The van der Waals surface area contributed by atoms with Crippen LogP contribution in [0.1, 0.15) is 30.9 Å². The molecular weight excluding hydrogens is 250 g/mol. The van der Waals surface area contributed by atoms with E-state index in [1.807, 2.05) is 18.3 Å². The van der Waals surface area contributed by atoms with E-state index in [1.54, 1.807) is 0 Å². The molecule has 108 valence electrons. The summed E-state index contributed by atoms with van der Waals surface area (Å²) >= 11 is 0. The summed E-state index contributed by atoms with van der Waals surface area (Å²) in [5.41, 5.74) is 8.11. The molecule has 0 unspecified atom stereocenters. The van der Waals surface area contributed by atoms with Crippen LogP contribution in [0, 0.1) is 0 Å². The van der Waals surface area contributed by atoms with E-state index in [9.17, 15) is 0 Å². The van der Waals surface area contributed by atoms with Crippen LogP contribution in [0.5, 0.6) is 5.75 Å². The van der Waals surface area contributed by atoms with Crippen LogP contribution in [0.4, 0.5) is 0 Å². The summed E-state index contributed by atoms with van der Waals surface area (Å²) in [6.07, 6.45) is 3.80. The molecule has 1 aromatic carbocycles. The molecule has 0 aliphatic heterocycles. The number of nitrogens with zero attached hydrogens (tertiary/aromatic N) is 2. The minimum atomic E-state index is 0.490. The van der Waals surface area contributed by atoms with Gasteiger partial charge in [0, 0.05) is 24.9 Å². The molecule has 20 heavy (non-hydrogen) atoms. The Kier molecular flexibility index (Phi) is 5.18. The fourth-order valence-electron chi connectivity index (χ4n) is 2.27. The normalized spacial score (nSPS) is 10.8. The largest absolute Gasteiger partial charge is 0.486 e. The second-order valence-electron chi connectivity index (χ2n) is 4.73. The summed E-state index contributed by atoms with van der Waals surface area (Å²) in [5.74, 6) is 1.84. The van der Waals surface area contributed by atoms with Crippen molar-refractivity contribution in [2.45, 2.75) is 39.8 Å². The molecule has 0 bridgehead atoms. The Balaban J connectivity index is 2.02. The molecular formula is C16H23N3O. The topological polar surface area (TPSA) is 53.1 Å². The van der Waals surface area contributed by atoms with Crippen LogP contribution in [0.25, 0.3) is 0 Å². The Hall–Kier alpha value is -1.81.